The van der Waals surface area contributed by atoms with Crippen LogP contribution in [0.2, 0.25) is 0 Å². The second-order valence-electron chi connectivity index (χ2n) is 4.94. The summed E-state index contributed by atoms with van der Waals surface area (Å²) in [5.41, 5.74) is 3.09. The number of benzene rings is 1. The van der Waals surface area contributed by atoms with E-state index < -0.39 is 0 Å². The molecule has 0 aliphatic carbocycles. The molecule has 0 spiro atoms. The van der Waals surface area contributed by atoms with Gasteiger partial charge < -0.3 is 4.98 Å². The fourth-order valence-electron chi connectivity index (χ4n) is 1.88. The number of aromatic amines is 1. The van der Waals surface area contributed by atoms with Crippen molar-refractivity contribution in [2.45, 2.75) is 26.2 Å². The van der Waals surface area contributed by atoms with Gasteiger partial charge in [-0.1, -0.05) is 32.9 Å². The first-order valence-electron chi connectivity index (χ1n) is 5.09. The number of rotatable bonds is 0. The Labute approximate surface area is 88.7 Å². The van der Waals surface area contributed by atoms with Crippen LogP contribution in [-0.4, -0.2) is 9.55 Å². The zero-order chi connectivity index (χ0) is 11.2. The van der Waals surface area contributed by atoms with Crippen molar-refractivity contribution in [1.82, 2.24) is 9.55 Å². The van der Waals surface area contributed by atoms with Crippen LogP contribution in [0.3, 0.4) is 0 Å². The number of hydrogen-bond donors (Lipinski definition) is 1. The summed E-state index contributed by atoms with van der Waals surface area (Å²) in [6.07, 6.45) is 0. The maximum Gasteiger partial charge on any atom is 0.326 e. The Morgan fingerprint density at radius 1 is 1.27 bits per heavy atom. The maximum atomic E-state index is 11.5. The Hall–Kier alpha value is -1.51. The molecule has 0 saturated carbocycles. The summed E-state index contributed by atoms with van der Waals surface area (Å²) in [6.45, 7) is 6.44. The van der Waals surface area contributed by atoms with E-state index in [9.17, 15) is 4.79 Å². The van der Waals surface area contributed by atoms with E-state index >= 15 is 0 Å². The SMILES string of the molecule is Cn1c(=O)[nH]c2c(C(C)(C)C)cccc21. The van der Waals surface area contributed by atoms with Gasteiger partial charge in [-0.15, -0.1) is 0 Å². The van der Waals surface area contributed by atoms with Gasteiger partial charge in [-0.05, 0) is 17.0 Å². The molecule has 0 unspecified atom stereocenters. The minimum absolute atomic E-state index is 0.0454. The molecule has 1 aromatic carbocycles. The summed E-state index contributed by atoms with van der Waals surface area (Å²) in [7, 11) is 1.79. The number of nitrogens with one attached hydrogen (secondary N) is 1. The smallest absolute Gasteiger partial charge is 0.305 e. The zero-order valence-corrected chi connectivity index (χ0v) is 9.59. The molecule has 0 aliphatic heterocycles. The summed E-state index contributed by atoms with van der Waals surface area (Å²) in [5, 5.41) is 0. The predicted molar refractivity (Wildman–Crippen MR) is 62.2 cm³/mol. The summed E-state index contributed by atoms with van der Waals surface area (Å²) in [4.78, 5) is 14.4. The van der Waals surface area contributed by atoms with E-state index in [1.807, 2.05) is 12.1 Å². The van der Waals surface area contributed by atoms with Crippen LogP contribution >= 0.6 is 0 Å². The van der Waals surface area contributed by atoms with Crippen LogP contribution in [0.15, 0.2) is 23.0 Å². The van der Waals surface area contributed by atoms with Gasteiger partial charge in [-0.2, -0.15) is 0 Å². The third kappa shape index (κ3) is 1.48. The lowest BCUT2D eigenvalue weighted by molar-refractivity contribution is 0.595. The molecular weight excluding hydrogens is 188 g/mol. The lowest BCUT2D eigenvalue weighted by atomic mass is 9.86. The number of hydrogen-bond acceptors (Lipinski definition) is 1. The van der Waals surface area contributed by atoms with Gasteiger partial charge >= 0.3 is 5.69 Å². The molecule has 0 amide bonds. The summed E-state index contributed by atoms with van der Waals surface area (Å²) in [5.74, 6) is 0. The number of fused-ring (bicyclic) bond motifs is 1. The van der Waals surface area contributed by atoms with Crippen LogP contribution in [0.4, 0.5) is 0 Å². The molecule has 0 saturated heterocycles. The number of aromatic nitrogens is 2. The fraction of sp³-hybridized carbons (Fsp3) is 0.417. The topological polar surface area (TPSA) is 37.8 Å². The molecule has 2 aromatic rings. The van der Waals surface area contributed by atoms with Crippen LogP contribution in [-0.2, 0) is 12.5 Å². The van der Waals surface area contributed by atoms with Gasteiger partial charge in [-0.3, -0.25) is 4.57 Å². The molecule has 0 bridgehead atoms. The molecule has 0 radical (unpaired) electrons. The fourth-order valence-corrected chi connectivity index (χ4v) is 1.88. The van der Waals surface area contributed by atoms with E-state index in [2.05, 4.69) is 31.8 Å². The molecule has 80 valence electrons. The largest absolute Gasteiger partial charge is 0.326 e. The highest BCUT2D eigenvalue weighted by molar-refractivity contribution is 5.79. The Morgan fingerprint density at radius 3 is 2.53 bits per heavy atom. The minimum Gasteiger partial charge on any atom is -0.305 e. The summed E-state index contributed by atoms with van der Waals surface area (Å²) < 4.78 is 1.64. The van der Waals surface area contributed by atoms with Crippen molar-refractivity contribution in [2.75, 3.05) is 0 Å². The van der Waals surface area contributed by atoms with Gasteiger partial charge in [-0.25, -0.2) is 4.79 Å². The molecule has 0 fully saturated rings. The number of imidazole rings is 1. The van der Waals surface area contributed by atoms with Crippen molar-refractivity contribution in [3.8, 4) is 0 Å². The first-order valence-corrected chi connectivity index (χ1v) is 5.09. The quantitative estimate of drug-likeness (QED) is 0.701. The molecule has 1 N–H and O–H groups in total. The third-order valence-corrected chi connectivity index (χ3v) is 2.75. The van der Waals surface area contributed by atoms with E-state index in [-0.39, 0.29) is 11.1 Å². The second-order valence-corrected chi connectivity index (χ2v) is 4.94. The highest BCUT2D eigenvalue weighted by Gasteiger charge is 2.18. The van der Waals surface area contributed by atoms with Crippen molar-refractivity contribution in [1.29, 1.82) is 0 Å². The van der Waals surface area contributed by atoms with Crippen molar-refractivity contribution < 1.29 is 0 Å². The minimum atomic E-state index is -0.0540. The van der Waals surface area contributed by atoms with Gasteiger partial charge in [0.05, 0.1) is 11.0 Å². The van der Waals surface area contributed by atoms with Gasteiger partial charge in [0.15, 0.2) is 0 Å². The molecule has 1 aromatic heterocycles. The normalized spacial score (nSPS) is 12.3. The van der Waals surface area contributed by atoms with E-state index in [4.69, 9.17) is 0 Å². The molecule has 0 atom stereocenters. The van der Waals surface area contributed by atoms with E-state index in [1.165, 1.54) is 5.56 Å². The molecule has 15 heavy (non-hydrogen) atoms. The predicted octanol–water partition coefficient (Wildman–Crippen LogP) is 2.16. The van der Waals surface area contributed by atoms with Crippen molar-refractivity contribution in [2.24, 2.45) is 7.05 Å². The number of aryl methyl sites for hydroxylation is 1. The first-order chi connectivity index (χ1) is 6.91. The Morgan fingerprint density at radius 2 is 1.93 bits per heavy atom. The number of para-hydroxylation sites is 1. The van der Waals surface area contributed by atoms with Crippen molar-refractivity contribution in [3.63, 3.8) is 0 Å². The van der Waals surface area contributed by atoms with E-state index in [0.29, 0.717) is 0 Å². The Bertz CT molecular complexity index is 555. The van der Waals surface area contributed by atoms with Crippen LogP contribution in [0.1, 0.15) is 26.3 Å². The second kappa shape index (κ2) is 2.99. The molecule has 3 nitrogen and oxygen atoms in total. The highest BCUT2D eigenvalue weighted by atomic mass is 16.1. The van der Waals surface area contributed by atoms with Crippen LogP contribution in [0.25, 0.3) is 11.0 Å². The molecular formula is C12H16N2O. The summed E-state index contributed by atoms with van der Waals surface area (Å²) in [6, 6.07) is 6.02. The zero-order valence-electron chi connectivity index (χ0n) is 9.59. The Kier molecular flexibility index (Phi) is 2.00. The first kappa shape index (κ1) is 10.0. The average Bonchev–Trinajstić information content (AvgIpc) is 2.41. The van der Waals surface area contributed by atoms with Crippen LogP contribution in [0.5, 0.6) is 0 Å². The highest BCUT2D eigenvalue weighted by Crippen LogP contribution is 2.27. The monoisotopic (exact) mass is 204 g/mol. The molecule has 1 heterocycles. The molecule has 2 rings (SSSR count). The number of H-pyrrole nitrogens is 1. The molecule has 0 aliphatic rings. The van der Waals surface area contributed by atoms with Gasteiger partial charge in [0.2, 0.25) is 0 Å². The van der Waals surface area contributed by atoms with Crippen LogP contribution in [0, 0.1) is 0 Å². The van der Waals surface area contributed by atoms with Gasteiger partial charge in [0, 0.05) is 7.05 Å². The van der Waals surface area contributed by atoms with Crippen LogP contribution < -0.4 is 5.69 Å². The molecule has 3 heteroatoms. The van der Waals surface area contributed by atoms with Gasteiger partial charge in [0.1, 0.15) is 0 Å². The lowest BCUT2D eigenvalue weighted by Crippen LogP contribution is -2.12. The third-order valence-electron chi connectivity index (χ3n) is 2.75. The summed E-state index contributed by atoms with van der Waals surface area (Å²) >= 11 is 0. The van der Waals surface area contributed by atoms with Gasteiger partial charge in [0.25, 0.3) is 0 Å². The number of nitrogens with zero attached hydrogens (tertiary/aromatic N) is 1. The van der Waals surface area contributed by atoms with E-state index in [1.54, 1.807) is 11.6 Å². The standard InChI is InChI=1S/C12H16N2O/c1-12(2,3)8-6-5-7-9-10(8)13-11(15)14(9)4/h5-7H,1-4H3,(H,13,15). The Balaban J connectivity index is 2.89. The van der Waals surface area contributed by atoms with Crippen molar-refractivity contribution >= 4 is 11.0 Å². The van der Waals surface area contributed by atoms with Crippen molar-refractivity contribution in [3.05, 3.63) is 34.2 Å². The van der Waals surface area contributed by atoms with E-state index in [0.717, 1.165) is 11.0 Å². The maximum absolute atomic E-state index is 11.5. The average molecular weight is 204 g/mol. The lowest BCUT2D eigenvalue weighted by Gasteiger charge is -2.19.